The molecule has 0 aromatic carbocycles. The maximum Gasteiger partial charge on any atom is 0.307 e. The summed E-state index contributed by atoms with van der Waals surface area (Å²) >= 11 is 0. The van der Waals surface area contributed by atoms with Crippen molar-refractivity contribution < 1.29 is 14.4 Å². The largest absolute Gasteiger partial charge is 0.481 e. The van der Waals surface area contributed by atoms with Crippen molar-refractivity contribution in [1.82, 2.24) is 10.1 Å². The fourth-order valence-corrected chi connectivity index (χ4v) is 1.61. The van der Waals surface area contributed by atoms with E-state index in [9.17, 15) is 4.79 Å². The maximum absolute atomic E-state index is 10.7. The van der Waals surface area contributed by atoms with E-state index in [2.05, 4.69) is 5.16 Å². The average molecular weight is 226 g/mol. The molecule has 0 saturated carbocycles. The molecule has 0 fully saturated rings. The SMILES string of the molecule is Cc1noc(C)c1CN(C)C[C@@H](C)C(=O)O. The second kappa shape index (κ2) is 5.12. The van der Waals surface area contributed by atoms with E-state index in [1.807, 2.05) is 25.8 Å². The molecule has 0 bridgehead atoms. The van der Waals surface area contributed by atoms with Gasteiger partial charge in [0.25, 0.3) is 0 Å². The smallest absolute Gasteiger partial charge is 0.307 e. The highest BCUT2D eigenvalue weighted by atomic mass is 16.5. The highest BCUT2D eigenvalue weighted by Crippen LogP contribution is 2.14. The van der Waals surface area contributed by atoms with Crippen molar-refractivity contribution in [2.24, 2.45) is 5.92 Å². The Morgan fingerprint density at radius 3 is 2.62 bits per heavy atom. The van der Waals surface area contributed by atoms with Crippen LogP contribution in [0.2, 0.25) is 0 Å². The van der Waals surface area contributed by atoms with Crippen LogP contribution in [-0.4, -0.2) is 34.7 Å². The molecule has 90 valence electrons. The Balaban J connectivity index is 2.58. The maximum atomic E-state index is 10.7. The zero-order valence-corrected chi connectivity index (χ0v) is 10.1. The Labute approximate surface area is 95.0 Å². The lowest BCUT2D eigenvalue weighted by Gasteiger charge is -2.18. The molecule has 1 rings (SSSR count). The molecular formula is C11H18N2O3. The lowest BCUT2D eigenvalue weighted by Crippen LogP contribution is -2.28. The summed E-state index contributed by atoms with van der Waals surface area (Å²) in [4.78, 5) is 12.7. The van der Waals surface area contributed by atoms with E-state index in [-0.39, 0.29) is 5.92 Å². The predicted octanol–water partition coefficient (Wildman–Crippen LogP) is 1.44. The molecule has 1 aromatic rings. The van der Waals surface area contributed by atoms with Crippen LogP contribution in [0.15, 0.2) is 4.52 Å². The van der Waals surface area contributed by atoms with Gasteiger partial charge >= 0.3 is 5.97 Å². The molecule has 1 aromatic heterocycles. The van der Waals surface area contributed by atoms with Gasteiger partial charge in [-0.2, -0.15) is 0 Å². The van der Waals surface area contributed by atoms with Gasteiger partial charge in [0.05, 0.1) is 11.6 Å². The molecule has 0 aliphatic carbocycles. The van der Waals surface area contributed by atoms with Crippen LogP contribution in [0.4, 0.5) is 0 Å². The van der Waals surface area contributed by atoms with Crippen LogP contribution in [-0.2, 0) is 11.3 Å². The van der Waals surface area contributed by atoms with E-state index in [0.717, 1.165) is 17.0 Å². The predicted molar refractivity (Wildman–Crippen MR) is 59.1 cm³/mol. The van der Waals surface area contributed by atoms with Gasteiger partial charge in [-0.3, -0.25) is 4.79 Å². The first kappa shape index (κ1) is 12.7. The van der Waals surface area contributed by atoms with Gasteiger partial charge in [0.2, 0.25) is 0 Å². The number of hydrogen-bond donors (Lipinski definition) is 1. The van der Waals surface area contributed by atoms with Crippen molar-refractivity contribution in [2.75, 3.05) is 13.6 Å². The van der Waals surface area contributed by atoms with Gasteiger partial charge in [-0.1, -0.05) is 12.1 Å². The molecular weight excluding hydrogens is 208 g/mol. The molecule has 16 heavy (non-hydrogen) atoms. The van der Waals surface area contributed by atoms with E-state index >= 15 is 0 Å². The Hall–Kier alpha value is -1.36. The van der Waals surface area contributed by atoms with Crippen molar-refractivity contribution >= 4 is 5.97 Å². The van der Waals surface area contributed by atoms with E-state index in [1.165, 1.54) is 0 Å². The minimum absolute atomic E-state index is 0.370. The Morgan fingerprint density at radius 1 is 1.56 bits per heavy atom. The second-order valence-electron chi connectivity index (χ2n) is 4.24. The van der Waals surface area contributed by atoms with Crippen LogP contribution in [0.5, 0.6) is 0 Å². The summed E-state index contributed by atoms with van der Waals surface area (Å²) in [5, 5.41) is 12.7. The zero-order valence-electron chi connectivity index (χ0n) is 10.1. The number of aryl methyl sites for hydroxylation is 2. The second-order valence-corrected chi connectivity index (χ2v) is 4.24. The van der Waals surface area contributed by atoms with Crippen molar-refractivity contribution in [3.05, 3.63) is 17.0 Å². The van der Waals surface area contributed by atoms with Crippen LogP contribution in [0.1, 0.15) is 23.9 Å². The number of rotatable bonds is 5. The van der Waals surface area contributed by atoms with E-state index in [4.69, 9.17) is 9.63 Å². The highest BCUT2D eigenvalue weighted by Gasteiger charge is 2.16. The summed E-state index contributed by atoms with van der Waals surface area (Å²) in [6.07, 6.45) is 0. The molecule has 0 aliphatic heterocycles. The van der Waals surface area contributed by atoms with Crippen LogP contribution in [0.3, 0.4) is 0 Å². The molecule has 1 N–H and O–H groups in total. The van der Waals surface area contributed by atoms with Gasteiger partial charge in [-0.05, 0) is 20.9 Å². The minimum Gasteiger partial charge on any atom is -0.481 e. The lowest BCUT2D eigenvalue weighted by atomic mass is 10.1. The minimum atomic E-state index is -0.773. The third-order valence-corrected chi connectivity index (χ3v) is 2.62. The quantitative estimate of drug-likeness (QED) is 0.823. The first-order chi connectivity index (χ1) is 7.41. The first-order valence-electron chi connectivity index (χ1n) is 5.25. The Morgan fingerprint density at radius 2 is 2.19 bits per heavy atom. The molecule has 0 aliphatic rings. The normalized spacial score (nSPS) is 13.1. The summed E-state index contributed by atoms with van der Waals surface area (Å²) in [5.74, 6) is -0.344. The van der Waals surface area contributed by atoms with Crippen LogP contribution in [0.25, 0.3) is 0 Å². The van der Waals surface area contributed by atoms with E-state index < -0.39 is 5.97 Å². The van der Waals surface area contributed by atoms with Gasteiger partial charge in [0.1, 0.15) is 5.76 Å². The molecule has 0 amide bonds. The lowest BCUT2D eigenvalue weighted by molar-refractivity contribution is -0.141. The fourth-order valence-electron chi connectivity index (χ4n) is 1.61. The van der Waals surface area contributed by atoms with Gasteiger partial charge in [-0.15, -0.1) is 0 Å². The number of hydrogen-bond acceptors (Lipinski definition) is 4. The van der Waals surface area contributed by atoms with Crippen LogP contribution >= 0.6 is 0 Å². The molecule has 5 nitrogen and oxygen atoms in total. The van der Waals surface area contributed by atoms with E-state index in [1.54, 1.807) is 6.92 Å². The average Bonchev–Trinajstić information content (AvgIpc) is 2.49. The van der Waals surface area contributed by atoms with Crippen LogP contribution < -0.4 is 0 Å². The van der Waals surface area contributed by atoms with E-state index in [0.29, 0.717) is 13.1 Å². The molecule has 0 saturated heterocycles. The summed E-state index contributed by atoms with van der Waals surface area (Å²) in [7, 11) is 1.89. The third-order valence-electron chi connectivity index (χ3n) is 2.62. The first-order valence-corrected chi connectivity index (χ1v) is 5.25. The summed E-state index contributed by atoms with van der Waals surface area (Å²) in [6, 6.07) is 0. The number of carboxylic acid groups (broad SMARTS) is 1. The van der Waals surface area contributed by atoms with Crippen molar-refractivity contribution in [3.8, 4) is 0 Å². The zero-order chi connectivity index (χ0) is 12.3. The molecule has 1 atom stereocenters. The molecule has 1 heterocycles. The highest BCUT2D eigenvalue weighted by molar-refractivity contribution is 5.69. The van der Waals surface area contributed by atoms with Crippen molar-refractivity contribution in [3.63, 3.8) is 0 Å². The number of carbonyl (C=O) groups is 1. The molecule has 0 spiro atoms. The summed E-state index contributed by atoms with van der Waals surface area (Å²) in [5.41, 5.74) is 1.91. The molecule has 0 radical (unpaired) electrons. The van der Waals surface area contributed by atoms with Gasteiger partial charge in [0, 0.05) is 18.7 Å². The van der Waals surface area contributed by atoms with Gasteiger partial charge in [-0.25, -0.2) is 0 Å². The fraction of sp³-hybridized carbons (Fsp3) is 0.636. The van der Waals surface area contributed by atoms with Gasteiger partial charge in [0.15, 0.2) is 0 Å². The number of nitrogens with zero attached hydrogens (tertiary/aromatic N) is 2. The Kier molecular flexibility index (Phi) is 4.06. The number of aromatic nitrogens is 1. The third kappa shape index (κ3) is 3.06. The summed E-state index contributed by atoms with van der Waals surface area (Å²) < 4.78 is 5.06. The summed E-state index contributed by atoms with van der Waals surface area (Å²) in [6.45, 7) is 6.63. The monoisotopic (exact) mass is 226 g/mol. The van der Waals surface area contributed by atoms with Crippen molar-refractivity contribution in [2.45, 2.75) is 27.3 Å². The molecule has 5 heteroatoms. The van der Waals surface area contributed by atoms with Crippen LogP contribution in [0, 0.1) is 19.8 Å². The number of aliphatic carboxylic acids is 1. The number of carboxylic acids is 1. The van der Waals surface area contributed by atoms with Gasteiger partial charge < -0.3 is 14.5 Å². The standard InChI is InChI=1S/C11H18N2O3/c1-7(11(14)15)5-13(4)6-10-8(2)12-16-9(10)3/h7H,5-6H2,1-4H3,(H,14,15)/t7-/m1/s1. The molecule has 0 unspecified atom stereocenters. The topological polar surface area (TPSA) is 66.6 Å². The van der Waals surface area contributed by atoms with Crippen molar-refractivity contribution in [1.29, 1.82) is 0 Å². The Bertz CT molecular complexity index is 354.